The smallest absolute Gasteiger partial charge is 0.176 e. The predicted molar refractivity (Wildman–Crippen MR) is 46.8 cm³/mol. The molecule has 0 fully saturated rings. The molecule has 4 nitrogen and oxygen atoms in total. The normalized spacial score (nSPS) is 10.6. The molecule has 0 atom stereocenters. The number of hydrogen-bond donors (Lipinski definition) is 1. The van der Waals surface area contributed by atoms with E-state index in [4.69, 9.17) is 9.52 Å². The molecule has 0 aliphatic carbocycles. The van der Waals surface area contributed by atoms with Gasteiger partial charge in [0.2, 0.25) is 0 Å². The van der Waals surface area contributed by atoms with Crippen LogP contribution in [-0.2, 0) is 13.7 Å². The van der Waals surface area contributed by atoms with Gasteiger partial charge in [0, 0.05) is 13.2 Å². The summed E-state index contributed by atoms with van der Waals surface area (Å²) in [4.78, 5) is 4.19. The van der Waals surface area contributed by atoms with Gasteiger partial charge in [-0.3, -0.25) is 0 Å². The lowest BCUT2D eigenvalue weighted by Crippen LogP contribution is -1.88. The van der Waals surface area contributed by atoms with E-state index >= 15 is 0 Å². The topological polar surface area (TPSA) is 51.2 Å². The van der Waals surface area contributed by atoms with Gasteiger partial charge in [-0.2, -0.15) is 0 Å². The zero-order valence-corrected chi connectivity index (χ0v) is 7.27. The van der Waals surface area contributed by atoms with E-state index in [-0.39, 0.29) is 6.61 Å². The summed E-state index contributed by atoms with van der Waals surface area (Å²) in [5.41, 5.74) is 0.647. The average Bonchev–Trinajstić information content (AvgIpc) is 2.72. The summed E-state index contributed by atoms with van der Waals surface area (Å²) in [6.07, 6.45) is 3.38. The van der Waals surface area contributed by atoms with E-state index in [0.717, 1.165) is 5.82 Å². The Morgan fingerprint density at radius 2 is 2.46 bits per heavy atom. The maximum absolute atomic E-state index is 8.87. The Hall–Kier alpha value is -1.55. The largest absolute Gasteiger partial charge is 0.461 e. The first-order valence-corrected chi connectivity index (χ1v) is 3.98. The Bertz CT molecular complexity index is 390. The SMILES string of the molecule is Cn1cc(CO)nc1-c1ccco1. The summed E-state index contributed by atoms with van der Waals surface area (Å²) >= 11 is 0. The molecule has 4 heteroatoms. The number of furan rings is 1. The summed E-state index contributed by atoms with van der Waals surface area (Å²) in [7, 11) is 1.87. The minimum absolute atomic E-state index is 0.0471. The third-order valence-corrected chi connectivity index (χ3v) is 1.83. The monoisotopic (exact) mass is 178 g/mol. The number of aromatic nitrogens is 2. The molecule has 0 unspecified atom stereocenters. The zero-order valence-electron chi connectivity index (χ0n) is 7.27. The first-order valence-electron chi connectivity index (χ1n) is 3.98. The first-order chi connectivity index (χ1) is 6.31. The van der Waals surface area contributed by atoms with Crippen LogP contribution in [0.1, 0.15) is 5.69 Å². The Kier molecular flexibility index (Phi) is 1.90. The van der Waals surface area contributed by atoms with Crippen LogP contribution in [-0.4, -0.2) is 14.7 Å². The van der Waals surface area contributed by atoms with Crippen molar-refractivity contribution in [3.05, 3.63) is 30.3 Å². The van der Waals surface area contributed by atoms with Crippen molar-refractivity contribution in [3.8, 4) is 11.6 Å². The maximum Gasteiger partial charge on any atom is 0.176 e. The van der Waals surface area contributed by atoms with Crippen molar-refractivity contribution in [2.45, 2.75) is 6.61 Å². The number of hydrogen-bond acceptors (Lipinski definition) is 3. The second kappa shape index (κ2) is 3.06. The Balaban J connectivity index is 2.46. The number of aliphatic hydroxyl groups excluding tert-OH is 1. The van der Waals surface area contributed by atoms with E-state index < -0.39 is 0 Å². The minimum atomic E-state index is -0.0471. The van der Waals surface area contributed by atoms with Gasteiger partial charge in [0.15, 0.2) is 11.6 Å². The minimum Gasteiger partial charge on any atom is -0.461 e. The van der Waals surface area contributed by atoms with Crippen LogP contribution in [0.25, 0.3) is 11.6 Å². The second-order valence-electron chi connectivity index (χ2n) is 2.80. The van der Waals surface area contributed by atoms with Gasteiger partial charge in [-0.15, -0.1) is 0 Å². The van der Waals surface area contributed by atoms with Crippen molar-refractivity contribution in [2.75, 3.05) is 0 Å². The molecule has 0 aromatic carbocycles. The van der Waals surface area contributed by atoms with Crippen LogP contribution in [0.5, 0.6) is 0 Å². The van der Waals surface area contributed by atoms with Crippen LogP contribution in [0.4, 0.5) is 0 Å². The highest BCUT2D eigenvalue weighted by Gasteiger charge is 2.08. The van der Waals surface area contributed by atoms with Crippen LogP contribution >= 0.6 is 0 Å². The molecule has 2 rings (SSSR count). The molecule has 2 aromatic heterocycles. The number of aliphatic hydroxyl groups is 1. The fourth-order valence-electron chi connectivity index (χ4n) is 1.24. The summed E-state index contributed by atoms with van der Waals surface area (Å²) in [5, 5.41) is 8.87. The molecule has 0 saturated heterocycles. The van der Waals surface area contributed by atoms with Crippen LogP contribution in [0.3, 0.4) is 0 Å². The lowest BCUT2D eigenvalue weighted by molar-refractivity contribution is 0.277. The molecule has 0 aliphatic rings. The maximum atomic E-state index is 8.87. The number of nitrogens with zero attached hydrogens (tertiary/aromatic N) is 2. The van der Waals surface area contributed by atoms with Gasteiger partial charge in [0.1, 0.15) is 0 Å². The molecule has 0 spiro atoms. The molecule has 1 N–H and O–H groups in total. The molecule has 0 aliphatic heterocycles. The molecule has 0 saturated carbocycles. The zero-order chi connectivity index (χ0) is 9.26. The third-order valence-electron chi connectivity index (χ3n) is 1.83. The molecule has 0 bridgehead atoms. The van der Waals surface area contributed by atoms with Crippen molar-refractivity contribution >= 4 is 0 Å². The third kappa shape index (κ3) is 1.36. The van der Waals surface area contributed by atoms with Crippen molar-refractivity contribution in [1.29, 1.82) is 0 Å². The summed E-state index contributed by atoms with van der Waals surface area (Å²) in [5.74, 6) is 1.44. The molecule has 68 valence electrons. The van der Waals surface area contributed by atoms with Gasteiger partial charge in [0.25, 0.3) is 0 Å². The highest BCUT2D eigenvalue weighted by molar-refractivity contribution is 5.47. The Morgan fingerprint density at radius 1 is 1.62 bits per heavy atom. The van der Waals surface area contributed by atoms with E-state index in [1.807, 2.05) is 23.7 Å². The van der Waals surface area contributed by atoms with E-state index in [0.29, 0.717) is 11.5 Å². The first kappa shape index (κ1) is 8.07. The van der Waals surface area contributed by atoms with Crippen molar-refractivity contribution in [3.63, 3.8) is 0 Å². The molecular weight excluding hydrogens is 168 g/mol. The molecule has 0 radical (unpaired) electrons. The van der Waals surface area contributed by atoms with Gasteiger partial charge in [0.05, 0.1) is 18.6 Å². The van der Waals surface area contributed by atoms with Crippen LogP contribution in [0.15, 0.2) is 29.0 Å². The van der Waals surface area contributed by atoms with E-state index in [1.54, 1.807) is 12.5 Å². The second-order valence-corrected chi connectivity index (χ2v) is 2.80. The molecule has 13 heavy (non-hydrogen) atoms. The number of imidazole rings is 1. The summed E-state index contributed by atoms with van der Waals surface area (Å²) in [6, 6.07) is 3.64. The number of rotatable bonds is 2. The van der Waals surface area contributed by atoms with Crippen molar-refractivity contribution < 1.29 is 9.52 Å². The van der Waals surface area contributed by atoms with Gasteiger partial charge < -0.3 is 14.1 Å². The predicted octanol–water partition coefficient (Wildman–Crippen LogP) is 1.17. The summed E-state index contributed by atoms with van der Waals surface area (Å²) in [6.45, 7) is -0.0471. The fraction of sp³-hybridized carbons (Fsp3) is 0.222. The van der Waals surface area contributed by atoms with Crippen molar-refractivity contribution in [2.24, 2.45) is 7.05 Å². The standard InChI is InChI=1S/C9H10N2O2/c1-11-5-7(6-12)10-9(11)8-3-2-4-13-8/h2-5,12H,6H2,1H3. The fourth-order valence-corrected chi connectivity index (χ4v) is 1.24. The Labute approximate surface area is 75.4 Å². The molecular formula is C9H10N2O2. The average molecular weight is 178 g/mol. The number of aryl methyl sites for hydroxylation is 1. The van der Waals surface area contributed by atoms with Gasteiger partial charge in [-0.25, -0.2) is 4.98 Å². The van der Waals surface area contributed by atoms with E-state index in [1.165, 1.54) is 0 Å². The highest BCUT2D eigenvalue weighted by atomic mass is 16.3. The quantitative estimate of drug-likeness (QED) is 0.751. The molecule has 2 aromatic rings. The van der Waals surface area contributed by atoms with Crippen molar-refractivity contribution in [1.82, 2.24) is 9.55 Å². The van der Waals surface area contributed by atoms with Gasteiger partial charge in [-0.1, -0.05) is 0 Å². The lowest BCUT2D eigenvalue weighted by atomic mass is 10.4. The van der Waals surface area contributed by atoms with Gasteiger partial charge >= 0.3 is 0 Å². The highest BCUT2D eigenvalue weighted by Crippen LogP contribution is 2.17. The van der Waals surface area contributed by atoms with Crippen LogP contribution in [0, 0.1) is 0 Å². The molecule has 0 amide bonds. The van der Waals surface area contributed by atoms with Gasteiger partial charge in [-0.05, 0) is 12.1 Å². The molecule has 2 heterocycles. The van der Waals surface area contributed by atoms with E-state index in [2.05, 4.69) is 4.98 Å². The van der Waals surface area contributed by atoms with E-state index in [9.17, 15) is 0 Å². The lowest BCUT2D eigenvalue weighted by Gasteiger charge is -1.94. The summed E-state index contributed by atoms with van der Waals surface area (Å²) < 4.78 is 7.02. The van der Waals surface area contributed by atoms with Crippen LogP contribution in [0.2, 0.25) is 0 Å². The Morgan fingerprint density at radius 3 is 3.00 bits per heavy atom. The van der Waals surface area contributed by atoms with Crippen LogP contribution < -0.4 is 0 Å².